The summed E-state index contributed by atoms with van der Waals surface area (Å²) in [5.74, 6) is 0.997. The first kappa shape index (κ1) is 13.3. The standard InChI is InChI=1S/C18H17NO3/c1-11-2-4-12(5-3-11)13-8-14-16(20)6-7-21-18(14)15-9-19-10-22-17(13)15/h2-5,9-10,13,17H,6-8H2,1H3. The summed E-state index contributed by atoms with van der Waals surface area (Å²) in [5, 5.41) is 0. The molecule has 0 bridgehead atoms. The van der Waals surface area contributed by atoms with Crippen LogP contribution in [0.1, 0.15) is 29.9 Å². The molecule has 3 aliphatic rings. The van der Waals surface area contributed by atoms with E-state index in [1.165, 1.54) is 17.5 Å². The third-order valence-corrected chi connectivity index (χ3v) is 4.53. The molecule has 0 radical (unpaired) electrons. The fraction of sp³-hybridized carbons (Fsp3) is 0.333. The summed E-state index contributed by atoms with van der Waals surface area (Å²) < 4.78 is 11.5. The number of aliphatic imine (C=N–C) groups is 1. The normalized spacial score (nSPS) is 26.6. The minimum atomic E-state index is -0.134. The number of ether oxygens (including phenoxy) is 2. The molecule has 0 aromatic heterocycles. The fourth-order valence-corrected chi connectivity index (χ4v) is 3.37. The second-order valence-corrected chi connectivity index (χ2v) is 5.95. The summed E-state index contributed by atoms with van der Waals surface area (Å²) in [6.07, 6.45) is 4.23. The number of fused-ring (bicyclic) bond motifs is 2. The van der Waals surface area contributed by atoms with Crippen LogP contribution in [0.4, 0.5) is 0 Å². The molecule has 112 valence electrons. The average Bonchev–Trinajstić information content (AvgIpc) is 2.55. The molecule has 4 heteroatoms. The summed E-state index contributed by atoms with van der Waals surface area (Å²) >= 11 is 0. The maximum atomic E-state index is 12.3. The van der Waals surface area contributed by atoms with Crippen molar-refractivity contribution in [1.29, 1.82) is 0 Å². The molecule has 22 heavy (non-hydrogen) atoms. The van der Waals surface area contributed by atoms with Crippen LogP contribution in [0.15, 0.2) is 52.4 Å². The van der Waals surface area contributed by atoms with Crippen LogP contribution in [0, 0.1) is 6.92 Å². The summed E-state index contributed by atoms with van der Waals surface area (Å²) in [5.41, 5.74) is 4.09. The number of carbonyl (C=O) groups excluding carboxylic acids is 1. The molecule has 2 unspecified atom stereocenters. The topological polar surface area (TPSA) is 47.9 Å². The van der Waals surface area contributed by atoms with Gasteiger partial charge in [-0.3, -0.25) is 4.79 Å². The van der Waals surface area contributed by atoms with E-state index in [1.807, 2.05) is 0 Å². The van der Waals surface area contributed by atoms with Crippen LogP contribution in [0.5, 0.6) is 0 Å². The molecule has 0 fully saturated rings. The first-order valence-electron chi connectivity index (χ1n) is 7.57. The van der Waals surface area contributed by atoms with E-state index in [0.717, 1.165) is 11.1 Å². The second kappa shape index (κ2) is 5.13. The third kappa shape index (κ3) is 2.06. The van der Waals surface area contributed by atoms with E-state index in [0.29, 0.717) is 25.2 Å². The van der Waals surface area contributed by atoms with Gasteiger partial charge >= 0.3 is 0 Å². The lowest BCUT2D eigenvalue weighted by Crippen LogP contribution is -2.35. The molecule has 0 saturated heterocycles. The number of hydrogen-bond acceptors (Lipinski definition) is 4. The Labute approximate surface area is 129 Å². The molecular formula is C18H17NO3. The van der Waals surface area contributed by atoms with E-state index in [2.05, 4.69) is 36.2 Å². The van der Waals surface area contributed by atoms with Crippen molar-refractivity contribution in [2.75, 3.05) is 6.61 Å². The predicted molar refractivity (Wildman–Crippen MR) is 82.6 cm³/mol. The van der Waals surface area contributed by atoms with Gasteiger partial charge in [0.2, 0.25) is 0 Å². The molecule has 2 atom stereocenters. The van der Waals surface area contributed by atoms with Gasteiger partial charge in [0.25, 0.3) is 0 Å². The number of Topliss-reactive ketones (excluding diaryl/α,β-unsaturated/α-hetero) is 1. The predicted octanol–water partition coefficient (Wildman–Crippen LogP) is 3.04. The van der Waals surface area contributed by atoms with Crippen molar-refractivity contribution < 1.29 is 14.3 Å². The Morgan fingerprint density at radius 1 is 1.23 bits per heavy atom. The lowest BCUT2D eigenvalue weighted by molar-refractivity contribution is -0.118. The van der Waals surface area contributed by atoms with Gasteiger partial charge in [0, 0.05) is 24.1 Å². The van der Waals surface area contributed by atoms with Crippen LogP contribution in [-0.4, -0.2) is 24.9 Å². The molecule has 2 aliphatic heterocycles. The Hall–Kier alpha value is -2.36. The molecular weight excluding hydrogens is 278 g/mol. The van der Waals surface area contributed by atoms with E-state index in [4.69, 9.17) is 9.47 Å². The molecule has 0 saturated carbocycles. The number of aryl methyl sites for hydroxylation is 1. The van der Waals surface area contributed by atoms with Crippen molar-refractivity contribution in [2.45, 2.75) is 31.8 Å². The Kier molecular flexibility index (Phi) is 3.10. The molecule has 2 heterocycles. The lowest BCUT2D eigenvalue weighted by atomic mass is 9.76. The highest BCUT2D eigenvalue weighted by Gasteiger charge is 2.41. The van der Waals surface area contributed by atoms with Gasteiger partial charge in [-0.15, -0.1) is 0 Å². The van der Waals surface area contributed by atoms with Gasteiger partial charge in [0.15, 0.2) is 12.2 Å². The quantitative estimate of drug-likeness (QED) is 0.800. The van der Waals surface area contributed by atoms with Crippen molar-refractivity contribution in [3.05, 3.63) is 58.5 Å². The maximum Gasteiger partial charge on any atom is 0.174 e. The summed E-state index contributed by atoms with van der Waals surface area (Å²) in [6.45, 7) is 2.51. The van der Waals surface area contributed by atoms with Crippen LogP contribution in [0.25, 0.3) is 0 Å². The second-order valence-electron chi connectivity index (χ2n) is 5.95. The Bertz CT molecular complexity index is 712. The molecule has 4 rings (SSSR count). The Morgan fingerprint density at radius 2 is 2.05 bits per heavy atom. The van der Waals surface area contributed by atoms with Crippen LogP contribution in [0.2, 0.25) is 0 Å². The van der Waals surface area contributed by atoms with E-state index in [9.17, 15) is 4.79 Å². The van der Waals surface area contributed by atoms with Crippen LogP contribution < -0.4 is 0 Å². The number of allylic oxidation sites excluding steroid dienone is 1. The highest BCUT2D eigenvalue weighted by Crippen LogP contribution is 2.44. The van der Waals surface area contributed by atoms with Gasteiger partial charge in [-0.25, -0.2) is 4.99 Å². The van der Waals surface area contributed by atoms with Gasteiger partial charge in [-0.05, 0) is 18.9 Å². The zero-order valence-electron chi connectivity index (χ0n) is 12.4. The van der Waals surface area contributed by atoms with Crippen molar-refractivity contribution in [3.8, 4) is 0 Å². The first-order valence-corrected chi connectivity index (χ1v) is 7.57. The molecule has 1 aliphatic carbocycles. The SMILES string of the molecule is Cc1ccc(C2CC3=C(OCCC3=O)C3=CN=COC32)cc1. The van der Waals surface area contributed by atoms with Crippen molar-refractivity contribution in [1.82, 2.24) is 0 Å². The summed E-state index contributed by atoms with van der Waals surface area (Å²) in [7, 11) is 0. The van der Waals surface area contributed by atoms with E-state index >= 15 is 0 Å². The molecule has 4 nitrogen and oxygen atoms in total. The van der Waals surface area contributed by atoms with Crippen LogP contribution in [0.3, 0.4) is 0 Å². The number of carbonyl (C=O) groups is 1. The molecule has 1 aromatic carbocycles. The molecule has 0 spiro atoms. The van der Waals surface area contributed by atoms with Crippen molar-refractivity contribution >= 4 is 12.2 Å². The number of benzene rings is 1. The van der Waals surface area contributed by atoms with Crippen molar-refractivity contribution in [2.24, 2.45) is 4.99 Å². The van der Waals surface area contributed by atoms with E-state index in [-0.39, 0.29) is 17.8 Å². The largest absolute Gasteiger partial charge is 0.492 e. The number of rotatable bonds is 1. The average molecular weight is 295 g/mol. The summed E-state index contributed by atoms with van der Waals surface area (Å²) in [4.78, 5) is 16.4. The zero-order valence-corrected chi connectivity index (χ0v) is 12.4. The van der Waals surface area contributed by atoms with Crippen LogP contribution in [-0.2, 0) is 14.3 Å². The van der Waals surface area contributed by atoms with Gasteiger partial charge in [-0.1, -0.05) is 29.8 Å². The maximum absolute atomic E-state index is 12.3. The number of nitrogens with zero attached hydrogens (tertiary/aromatic N) is 1. The highest BCUT2D eigenvalue weighted by atomic mass is 16.5. The molecule has 0 amide bonds. The minimum absolute atomic E-state index is 0.114. The Morgan fingerprint density at radius 3 is 2.86 bits per heavy atom. The monoisotopic (exact) mass is 295 g/mol. The van der Waals surface area contributed by atoms with E-state index < -0.39 is 0 Å². The summed E-state index contributed by atoms with van der Waals surface area (Å²) in [6, 6.07) is 8.43. The highest BCUT2D eigenvalue weighted by molar-refractivity contribution is 5.98. The number of ketones is 1. The first-order chi connectivity index (χ1) is 10.7. The number of hydrogen-bond donors (Lipinski definition) is 0. The molecule has 0 N–H and O–H groups in total. The van der Waals surface area contributed by atoms with Gasteiger partial charge in [-0.2, -0.15) is 0 Å². The Balaban J connectivity index is 1.80. The van der Waals surface area contributed by atoms with Crippen LogP contribution >= 0.6 is 0 Å². The van der Waals surface area contributed by atoms with Gasteiger partial charge in [0.1, 0.15) is 11.9 Å². The third-order valence-electron chi connectivity index (χ3n) is 4.53. The minimum Gasteiger partial charge on any atom is -0.492 e. The smallest absolute Gasteiger partial charge is 0.174 e. The van der Waals surface area contributed by atoms with Crippen molar-refractivity contribution in [3.63, 3.8) is 0 Å². The molecule has 1 aromatic rings. The van der Waals surface area contributed by atoms with E-state index in [1.54, 1.807) is 6.20 Å². The van der Waals surface area contributed by atoms with Gasteiger partial charge < -0.3 is 9.47 Å². The van der Waals surface area contributed by atoms with Gasteiger partial charge in [0.05, 0.1) is 12.2 Å². The fourth-order valence-electron chi connectivity index (χ4n) is 3.37. The lowest BCUT2D eigenvalue weighted by Gasteiger charge is -2.37. The zero-order chi connectivity index (χ0) is 15.1.